The number of aliphatic hydroxyl groups excluding tert-OH is 1. The summed E-state index contributed by atoms with van der Waals surface area (Å²) in [6, 6.07) is 0.245. The standard InChI is InChI=1S/C10H19NO/c1-10(2)7-3-6(5-12)9(11)8(10)4-7/h6-9,12H,3-5,11H2,1-2H3. The molecule has 3 aliphatic carbocycles. The zero-order valence-electron chi connectivity index (χ0n) is 7.96. The number of hydrogen-bond acceptors (Lipinski definition) is 2. The summed E-state index contributed by atoms with van der Waals surface area (Å²) in [5.74, 6) is 1.86. The smallest absolute Gasteiger partial charge is 0.0474 e. The number of nitrogens with two attached hydrogens (primary N) is 1. The van der Waals surface area contributed by atoms with E-state index in [0.717, 1.165) is 12.3 Å². The molecule has 4 atom stereocenters. The van der Waals surface area contributed by atoms with Crippen molar-refractivity contribution < 1.29 is 5.11 Å². The second-order valence-electron chi connectivity index (χ2n) is 5.12. The molecule has 70 valence electrons. The van der Waals surface area contributed by atoms with E-state index in [4.69, 9.17) is 10.8 Å². The molecule has 3 fully saturated rings. The molecule has 0 aromatic carbocycles. The number of aliphatic hydroxyl groups is 1. The van der Waals surface area contributed by atoms with Gasteiger partial charge in [0.15, 0.2) is 0 Å². The van der Waals surface area contributed by atoms with Crippen LogP contribution in [0.4, 0.5) is 0 Å². The van der Waals surface area contributed by atoms with Crippen LogP contribution in [0.15, 0.2) is 0 Å². The highest BCUT2D eigenvalue weighted by atomic mass is 16.3. The first-order valence-electron chi connectivity index (χ1n) is 4.93. The van der Waals surface area contributed by atoms with Crippen molar-refractivity contribution in [2.45, 2.75) is 32.7 Å². The van der Waals surface area contributed by atoms with Crippen molar-refractivity contribution >= 4 is 0 Å². The van der Waals surface area contributed by atoms with Gasteiger partial charge < -0.3 is 10.8 Å². The van der Waals surface area contributed by atoms with E-state index in [1.807, 2.05) is 0 Å². The quantitative estimate of drug-likeness (QED) is 0.615. The Morgan fingerprint density at radius 1 is 1.42 bits per heavy atom. The minimum Gasteiger partial charge on any atom is -0.396 e. The van der Waals surface area contributed by atoms with Crippen LogP contribution < -0.4 is 5.73 Å². The average Bonchev–Trinajstić information content (AvgIpc) is 2.03. The maximum atomic E-state index is 9.09. The van der Waals surface area contributed by atoms with Crippen molar-refractivity contribution in [3.05, 3.63) is 0 Å². The maximum Gasteiger partial charge on any atom is 0.0474 e. The monoisotopic (exact) mass is 169 g/mol. The van der Waals surface area contributed by atoms with Gasteiger partial charge in [-0.2, -0.15) is 0 Å². The molecule has 3 rings (SSSR count). The SMILES string of the molecule is CC1(C)C2CC(CO)C(N)C1C2. The molecule has 3 aliphatic rings. The second kappa shape index (κ2) is 2.46. The average molecular weight is 169 g/mol. The third kappa shape index (κ3) is 0.882. The summed E-state index contributed by atoms with van der Waals surface area (Å²) in [6.07, 6.45) is 2.44. The minimum absolute atomic E-state index is 0.245. The largest absolute Gasteiger partial charge is 0.396 e. The summed E-state index contributed by atoms with van der Waals surface area (Å²) >= 11 is 0. The lowest BCUT2D eigenvalue weighted by Gasteiger charge is -2.61. The van der Waals surface area contributed by atoms with E-state index in [9.17, 15) is 0 Å². The lowest BCUT2D eigenvalue weighted by atomic mass is 9.45. The summed E-state index contributed by atoms with van der Waals surface area (Å²) in [6.45, 7) is 4.92. The van der Waals surface area contributed by atoms with Gasteiger partial charge in [-0.25, -0.2) is 0 Å². The van der Waals surface area contributed by atoms with E-state index >= 15 is 0 Å². The van der Waals surface area contributed by atoms with Crippen molar-refractivity contribution in [1.29, 1.82) is 0 Å². The van der Waals surface area contributed by atoms with Gasteiger partial charge in [-0.15, -0.1) is 0 Å². The topological polar surface area (TPSA) is 46.2 Å². The first kappa shape index (κ1) is 8.52. The van der Waals surface area contributed by atoms with Crippen LogP contribution >= 0.6 is 0 Å². The molecule has 0 saturated heterocycles. The fraction of sp³-hybridized carbons (Fsp3) is 1.00. The van der Waals surface area contributed by atoms with Crippen molar-refractivity contribution in [1.82, 2.24) is 0 Å². The van der Waals surface area contributed by atoms with Crippen molar-refractivity contribution in [3.63, 3.8) is 0 Å². The highest BCUT2D eigenvalue weighted by molar-refractivity contribution is 5.07. The van der Waals surface area contributed by atoms with Crippen LogP contribution in [-0.2, 0) is 0 Å². The lowest BCUT2D eigenvalue weighted by molar-refractivity contribution is -0.113. The molecule has 2 heteroatoms. The molecular weight excluding hydrogens is 150 g/mol. The first-order valence-corrected chi connectivity index (χ1v) is 4.93. The zero-order valence-corrected chi connectivity index (χ0v) is 7.96. The van der Waals surface area contributed by atoms with Crippen LogP contribution in [0.1, 0.15) is 26.7 Å². The van der Waals surface area contributed by atoms with Gasteiger partial charge in [0.1, 0.15) is 0 Å². The molecular formula is C10H19NO. The summed E-state index contributed by atoms with van der Waals surface area (Å²) in [4.78, 5) is 0. The predicted octanol–water partition coefficient (Wildman–Crippen LogP) is 0.988. The van der Waals surface area contributed by atoms with Crippen molar-refractivity contribution in [2.75, 3.05) is 6.61 Å². The van der Waals surface area contributed by atoms with E-state index in [1.54, 1.807) is 0 Å². The molecule has 0 aliphatic heterocycles. The van der Waals surface area contributed by atoms with E-state index in [1.165, 1.54) is 6.42 Å². The Morgan fingerprint density at radius 3 is 2.50 bits per heavy atom. The van der Waals surface area contributed by atoms with Gasteiger partial charge in [0.2, 0.25) is 0 Å². The molecule has 0 aromatic heterocycles. The Hall–Kier alpha value is -0.0800. The van der Waals surface area contributed by atoms with E-state index in [0.29, 0.717) is 17.3 Å². The van der Waals surface area contributed by atoms with Gasteiger partial charge in [-0.1, -0.05) is 13.8 Å². The molecule has 2 bridgehead atoms. The number of rotatable bonds is 1. The zero-order chi connectivity index (χ0) is 8.93. The fourth-order valence-corrected chi connectivity index (χ4v) is 3.16. The van der Waals surface area contributed by atoms with Gasteiger partial charge >= 0.3 is 0 Å². The maximum absolute atomic E-state index is 9.09. The van der Waals surface area contributed by atoms with Crippen LogP contribution in [0.3, 0.4) is 0 Å². The highest BCUT2D eigenvalue weighted by Crippen LogP contribution is 2.59. The summed E-state index contributed by atoms with van der Waals surface area (Å²) in [5.41, 5.74) is 6.54. The lowest BCUT2D eigenvalue weighted by Crippen LogP contribution is -2.61. The summed E-state index contributed by atoms with van der Waals surface area (Å²) in [5, 5.41) is 9.09. The molecule has 0 radical (unpaired) electrons. The Morgan fingerprint density at radius 2 is 2.08 bits per heavy atom. The van der Waals surface area contributed by atoms with Crippen LogP contribution in [0.5, 0.6) is 0 Å². The summed E-state index contributed by atoms with van der Waals surface area (Å²) < 4.78 is 0. The summed E-state index contributed by atoms with van der Waals surface area (Å²) in [7, 11) is 0. The molecule has 4 unspecified atom stereocenters. The third-order valence-electron chi connectivity index (χ3n) is 4.38. The highest BCUT2D eigenvalue weighted by Gasteiger charge is 2.56. The number of fused-ring (bicyclic) bond motifs is 2. The normalized spacial score (nSPS) is 50.0. The second-order valence-corrected chi connectivity index (χ2v) is 5.12. The van der Waals surface area contributed by atoms with Gasteiger partial charge in [0, 0.05) is 12.6 Å². The molecule has 0 heterocycles. The van der Waals surface area contributed by atoms with Crippen LogP contribution in [0, 0.1) is 23.2 Å². The fourth-order valence-electron chi connectivity index (χ4n) is 3.16. The number of hydrogen-bond donors (Lipinski definition) is 2. The van der Waals surface area contributed by atoms with E-state index < -0.39 is 0 Å². The minimum atomic E-state index is 0.245. The van der Waals surface area contributed by atoms with Gasteiger partial charge in [-0.05, 0) is 36.0 Å². The van der Waals surface area contributed by atoms with E-state index in [2.05, 4.69) is 13.8 Å². The van der Waals surface area contributed by atoms with Crippen LogP contribution in [0.25, 0.3) is 0 Å². The van der Waals surface area contributed by atoms with Crippen molar-refractivity contribution in [2.24, 2.45) is 28.9 Å². The van der Waals surface area contributed by atoms with E-state index in [-0.39, 0.29) is 12.6 Å². The molecule has 0 amide bonds. The Balaban J connectivity index is 2.11. The van der Waals surface area contributed by atoms with Crippen LogP contribution in [0.2, 0.25) is 0 Å². The van der Waals surface area contributed by atoms with Crippen molar-refractivity contribution in [3.8, 4) is 0 Å². The molecule has 12 heavy (non-hydrogen) atoms. The molecule has 0 aromatic rings. The van der Waals surface area contributed by atoms with Gasteiger partial charge in [-0.3, -0.25) is 0 Å². The molecule has 0 spiro atoms. The molecule has 3 N–H and O–H groups in total. The van der Waals surface area contributed by atoms with Gasteiger partial charge in [0.05, 0.1) is 0 Å². The first-order chi connectivity index (χ1) is 5.57. The van der Waals surface area contributed by atoms with Crippen LogP contribution in [-0.4, -0.2) is 17.8 Å². The van der Waals surface area contributed by atoms with Gasteiger partial charge in [0.25, 0.3) is 0 Å². The Labute approximate surface area is 74.1 Å². The Kier molecular flexibility index (Phi) is 1.74. The Bertz CT molecular complexity index is 190. The molecule has 2 nitrogen and oxygen atoms in total. The predicted molar refractivity (Wildman–Crippen MR) is 48.5 cm³/mol. The third-order valence-corrected chi connectivity index (χ3v) is 4.38. The molecule has 3 saturated carbocycles.